The SMILES string of the molecule is CCCNc1nc(C)cc(-c2ccc(SC(F)F)cc2)n1. The van der Waals surface area contributed by atoms with Crippen molar-refractivity contribution in [1.29, 1.82) is 0 Å². The molecule has 0 fully saturated rings. The number of alkyl halides is 2. The van der Waals surface area contributed by atoms with Crippen LogP contribution < -0.4 is 5.32 Å². The van der Waals surface area contributed by atoms with Gasteiger partial charge in [0.05, 0.1) is 5.69 Å². The van der Waals surface area contributed by atoms with Gasteiger partial charge in [0.1, 0.15) is 0 Å². The number of nitrogens with one attached hydrogen (secondary N) is 1. The number of halogens is 2. The molecule has 6 heteroatoms. The molecule has 0 aliphatic rings. The fourth-order valence-corrected chi connectivity index (χ4v) is 2.34. The number of hydrogen-bond acceptors (Lipinski definition) is 4. The zero-order chi connectivity index (χ0) is 15.2. The van der Waals surface area contributed by atoms with Crippen LogP contribution >= 0.6 is 11.8 Å². The molecule has 112 valence electrons. The molecule has 1 aromatic carbocycles. The number of anilines is 1. The highest BCUT2D eigenvalue weighted by Crippen LogP contribution is 2.27. The quantitative estimate of drug-likeness (QED) is 0.792. The van der Waals surface area contributed by atoms with E-state index >= 15 is 0 Å². The van der Waals surface area contributed by atoms with E-state index in [0.717, 1.165) is 29.9 Å². The van der Waals surface area contributed by atoms with Crippen molar-refractivity contribution in [3.8, 4) is 11.3 Å². The molecule has 1 aromatic heterocycles. The Labute approximate surface area is 127 Å². The Bertz CT molecular complexity index is 588. The first-order valence-corrected chi connectivity index (χ1v) is 7.61. The fourth-order valence-electron chi connectivity index (χ4n) is 1.84. The van der Waals surface area contributed by atoms with Crippen LogP contribution in [0.2, 0.25) is 0 Å². The van der Waals surface area contributed by atoms with Crippen LogP contribution in [-0.2, 0) is 0 Å². The van der Waals surface area contributed by atoms with E-state index in [-0.39, 0.29) is 0 Å². The van der Waals surface area contributed by atoms with Crippen molar-refractivity contribution in [2.75, 3.05) is 11.9 Å². The minimum absolute atomic E-state index is 0.541. The molecule has 21 heavy (non-hydrogen) atoms. The summed E-state index contributed by atoms with van der Waals surface area (Å²) in [6, 6.07) is 8.85. The van der Waals surface area contributed by atoms with E-state index in [1.165, 1.54) is 0 Å². The molecule has 0 radical (unpaired) electrons. The summed E-state index contributed by atoms with van der Waals surface area (Å²) in [4.78, 5) is 9.33. The number of aromatic nitrogens is 2. The number of benzene rings is 1. The molecule has 0 atom stereocenters. The second kappa shape index (κ2) is 7.36. The fraction of sp³-hybridized carbons (Fsp3) is 0.333. The average molecular weight is 309 g/mol. The minimum atomic E-state index is -2.40. The van der Waals surface area contributed by atoms with Gasteiger partial charge in [-0.1, -0.05) is 30.8 Å². The maximum Gasteiger partial charge on any atom is 0.288 e. The number of nitrogens with zero attached hydrogens (tertiary/aromatic N) is 2. The van der Waals surface area contributed by atoms with Crippen LogP contribution in [0.5, 0.6) is 0 Å². The summed E-state index contributed by atoms with van der Waals surface area (Å²) in [7, 11) is 0. The van der Waals surface area contributed by atoms with Gasteiger partial charge in [-0.25, -0.2) is 9.97 Å². The predicted molar refractivity (Wildman–Crippen MR) is 82.8 cm³/mol. The summed E-state index contributed by atoms with van der Waals surface area (Å²) in [5.41, 5.74) is 2.54. The molecule has 1 N–H and O–H groups in total. The lowest BCUT2D eigenvalue weighted by Gasteiger charge is -2.08. The second-order valence-electron chi connectivity index (χ2n) is 4.55. The van der Waals surface area contributed by atoms with E-state index in [2.05, 4.69) is 22.2 Å². The third-order valence-corrected chi connectivity index (χ3v) is 3.49. The molecular weight excluding hydrogens is 292 g/mol. The van der Waals surface area contributed by atoms with Crippen LogP contribution in [0.3, 0.4) is 0 Å². The van der Waals surface area contributed by atoms with Gasteiger partial charge in [-0.2, -0.15) is 8.78 Å². The molecule has 0 spiro atoms. The van der Waals surface area contributed by atoms with Crippen molar-refractivity contribution in [3.05, 3.63) is 36.0 Å². The van der Waals surface area contributed by atoms with Crippen LogP contribution in [0.25, 0.3) is 11.3 Å². The Morgan fingerprint density at radius 2 is 1.90 bits per heavy atom. The summed E-state index contributed by atoms with van der Waals surface area (Å²) in [5, 5.41) is 3.16. The maximum absolute atomic E-state index is 12.3. The molecule has 0 amide bonds. The standard InChI is InChI=1S/C15H17F2N3S/c1-3-8-18-15-19-10(2)9-13(20-15)11-4-6-12(7-5-11)21-14(16)17/h4-7,9,14H,3,8H2,1-2H3,(H,18,19,20). The van der Waals surface area contributed by atoms with Gasteiger partial charge >= 0.3 is 0 Å². The minimum Gasteiger partial charge on any atom is -0.354 e. The largest absolute Gasteiger partial charge is 0.354 e. The van der Waals surface area contributed by atoms with Crippen LogP contribution in [-0.4, -0.2) is 22.3 Å². The first-order valence-electron chi connectivity index (χ1n) is 6.73. The smallest absolute Gasteiger partial charge is 0.288 e. The van der Waals surface area contributed by atoms with Crippen LogP contribution in [0, 0.1) is 6.92 Å². The third kappa shape index (κ3) is 4.67. The lowest BCUT2D eigenvalue weighted by atomic mass is 10.1. The summed E-state index contributed by atoms with van der Waals surface area (Å²) >= 11 is 0.541. The molecule has 2 rings (SSSR count). The zero-order valence-electron chi connectivity index (χ0n) is 11.9. The van der Waals surface area contributed by atoms with Gasteiger partial charge in [-0.3, -0.25) is 0 Å². The average Bonchev–Trinajstić information content (AvgIpc) is 2.44. The van der Waals surface area contributed by atoms with Gasteiger partial charge in [-0.15, -0.1) is 0 Å². The molecular formula is C15H17F2N3S. The van der Waals surface area contributed by atoms with E-state index in [9.17, 15) is 8.78 Å². The molecule has 0 aliphatic heterocycles. The first-order chi connectivity index (χ1) is 10.1. The number of aryl methyl sites for hydroxylation is 1. The van der Waals surface area contributed by atoms with Crippen LogP contribution in [0.1, 0.15) is 19.0 Å². The highest BCUT2D eigenvalue weighted by Gasteiger charge is 2.07. The van der Waals surface area contributed by atoms with Crippen molar-refractivity contribution in [1.82, 2.24) is 9.97 Å². The van der Waals surface area contributed by atoms with Crippen molar-refractivity contribution in [2.45, 2.75) is 30.9 Å². The topological polar surface area (TPSA) is 37.8 Å². The van der Waals surface area contributed by atoms with Crippen LogP contribution in [0.4, 0.5) is 14.7 Å². The molecule has 0 aliphatic carbocycles. The van der Waals surface area contributed by atoms with Crippen molar-refractivity contribution in [2.24, 2.45) is 0 Å². The molecule has 0 unspecified atom stereocenters. The van der Waals surface area contributed by atoms with E-state index in [0.29, 0.717) is 22.6 Å². The molecule has 2 aromatic rings. The van der Waals surface area contributed by atoms with Gasteiger partial charge in [0.2, 0.25) is 5.95 Å². The Balaban J connectivity index is 2.22. The van der Waals surface area contributed by atoms with Gasteiger partial charge in [0.25, 0.3) is 5.76 Å². The maximum atomic E-state index is 12.3. The van der Waals surface area contributed by atoms with E-state index in [4.69, 9.17) is 0 Å². The highest BCUT2D eigenvalue weighted by molar-refractivity contribution is 7.99. The Morgan fingerprint density at radius 3 is 2.52 bits per heavy atom. The van der Waals surface area contributed by atoms with Gasteiger partial charge in [0, 0.05) is 22.7 Å². The van der Waals surface area contributed by atoms with Gasteiger partial charge in [0.15, 0.2) is 0 Å². The number of hydrogen-bond donors (Lipinski definition) is 1. The van der Waals surface area contributed by atoms with Gasteiger partial charge < -0.3 is 5.32 Å². The van der Waals surface area contributed by atoms with E-state index in [1.807, 2.05) is 13.0 Å². The van der Waals surface area contributed by atoms with Crippen molar-refractivity contribution in [3.63, 3.8) is 0 Å². The molecule has 1 heterocycles. The molecule has 3 nitrogen and oxygen atoms in total. The zero-order valence-corrected chi connectivity index (χ0v) is 12.8. The Kier molecular flexibility index (Phi) is 5.50. The highest BCUT2D eigenvalue weighted by atomic mass is 32.2. The summed E-state index contributed by atoms with van der Waals surface area (Å²) in [6.07, 6.45) is 0.992. The van der Waals surface area contributed by atoms with Gasteiger partial charge in [-0.05, 0) is 31.5 Å². The summed E-state index contributed by atoms with van der Waals surface area (Å²) in [6.45, 7) is 4.79. The lowest BCUT2D eigenvalue weighted by molar-refractivity contribution is 0.252. The van der Waals surface area contributed by atoms with Crippen molar-refractivity contribution >= 4 is 17.7 Å². The molecule has 0 bridgehead atoms. The number of thioether (sulfide) groups is 1. The van der Waals surface area contributed by atoms with E-state index < -0.39 is 5.76 Å². The lowest BCUT2D eigenvalue weighted by Crippen LogP contribution is -2.05. The van der Waals surface area contributed by atoms with Crippen molar-refractivity contribution < 1.29 is 8.78 Å². The summed E-state index contributed by atoms with van der Waals surface area (Å²) < 4.78 is 24.6. The van der Waals surface area contributed by atoms with Crippen LogP contribution in [0.15, 0.2) is 35.2 Å². The van der Waals surface area contributed by atoms with E-state index in [1.54, 1.807) is 24.3 Å². The second-order valence-corrected chi connectivity index (χ2v) is 5.61. The monoisotopic (exact) mass is 309 g/mol. The first kappa shape index (κ1) is 15.7. The Morgan fingerprint density at radius 1 is 1.19 bits per heavy atom. The predicted octanol–water partition coefficient (Wildman–Crippen LogP) is 4.59. The Hall–Kier alpha value is -1.69. The molecule has 0 saturated heterocycles. The number of rotatable bonds is 6. The molecule has 0 saturated carbocycles. The summed E-state index contributed by atoms with van der Waals surface area (Å²) in [5.74, 6) is -1.81. The third-order valence-electron chi connectivity index (χ3n) is 2.76. The normalized spacial score (nSPS) is 10.9.